The average molecular weight is 301 g/mol. The van der Waals surface area contributed by atoms with Gasteiger partial charge in [-0.15, -0.1) is 0 Å². The lowest BCUT2D eigenvalue weighted by Gasteiger charge is -2.26. The highest BCUT2D eigenvalue weighted by Gasteiger charge is 2.34. The zero-order chi connectivity index (χ0) is 15.7. The molecule has 2 rings (SSSR count). The van der Waals surface area contributed by atoms with Crippen LogP contribution in [0.4, 0.5) is 14.5 Å². The van der Waals surface area contributed by atoms with Crippen LogP contribution in [0.15, 0.2) is 12.1 Å². The van der Waals surface area contributed by atoms with Crippen molar-refractivity contribution in [3.63, 3.8) is 0 Å². The summed E-state index contributed by atoms with van der Waals surface area (Å²) in [5, 5.41) is 23.2. The predicted molar refractivity (Wildman–Crippen MR) is 67.8 cm³/mol. The van der Waals surface area contributed by atoms with Crippen LogP contribution in [0, 0.1) is 21.7 Å². The number of benzene rings is 1. The maximum absolute atomic E-state index is 14.0. The van der Waals surface area contributed by atoms with E-state index >= 15 is 0 Å². The molecular formula is C12H13F2N3O4. The molecule has 0 aromatic heterocycles. The quantitative estimate of drug-likeness (QED) is 0.617. The molecule has 9 heteroatoms. The maximum atomic E-state index is 14.0. The Hall–Kier alpha value is -2.13. The number of hydrogen-bond donors (Lipinski definition) is 2. The molecule has 2 N–H and O–H groups in total. The molecule has 21 heavy (non-hydrogen) atoms. The second kappa shape index (κ2) is 5.70. The number of carbonyl (C=O) groups is 1. The number of carbonyl (C=O) groups excluding carboxylic acids is 1. The number of amides is 1. The van der Waals surface area contributed by atoms with Crippen LogP contribution >= 0.6 is 0 Å². The standard InChI is InChI=1S/C12H13F2N3O4/c1-16(9-4-15-5-10(9)18)12(19)7-2-6(13)3-8(11(7)14)17(20)21/h2-3,9-10,15,18H,4-5H2,1H3/t9-,10-/m0/s1. The second-order valence-electron chi connectivity index (χ2n) is 4.75. The minimum Gasteiger partial charge on any atom is -0.390 e. The summed E-state index contributed by atoms with van der Waals surface area (Å²) in [6.07, 6.45) is -0.842. The fraction of sp³-hybridized carbons (Fsp3) is 0.417. The topological polar surface area (TPSA) is 95.7 Å². The summed E-state index contributed by atoms with van der Waals surface area (Å²) in [6, 6.07) is 0.410. The zero-order valence-electron chi connectivity index (χ0n) is 11.0. The normalized spacial score (nSPS) is 21.3. The van der Waals surface area contributed by atoms with E-state index < -0.39 is 45.9 Å². The van der Waals surface area contributed by atoms with Crippen LogP contribution in [0.25, 0.3) is 0 Å². The van der Waals surface area contributed by atoms with E-state index in [1.54, 1.807) is 0 Å². The van der Waals surface area contributed by atoms with Crippen molar-refractivity contribution in [2.45, 2.75) is 12.1 Å². The number of halogens is 2. The van der Waals surface area contributed by atoms with Crippen molar-refractivity contribution >= 4 is 11.6 Å². The van der Waals surface area contributed by atoms with Gasteiger partial charge in [-0.3, -0.25) is 14.9 Å². The second-order valence-corrected chi connectivity index (χ2v) is 4.75. The number of rotatable bonds is 3. The van der Waals surface area contributed by atoms with Gasteiger partial charge < -0.3 is 15.3 Å². The van der Waals surface area contributed by atoms with Gasteiger partial charge in [0.2, 0.25) is 5.82 Å². The van der Waals surface area contributed by atoms with E-state index in [0.29, 0.717) is 18.7 Å². The Bertz CT molecular complexity index is 596. The van der Waals surface area contributed by atoms with Gasteiger partial charge in [0.25, 0.3) is 5.91 Å². The highest BCUT2D eigenvalue weighted by molar-refractivity contribution is 5.95. The van der Waals surface area contributed by atoms with Gasteiger partial charge in [0, 0.05) is 20.1 Å². The van der Waals surface area contributed by atoms with Crippen molar-refractivity contribution in [1.82, 2.24) is 10.2 Å². The van der Waals surface area contributed by atoms with Crippen LogP contribution in [0.5, 0.6) is 0 Å². The molecule has 114 valence electrons. The van der Waals surface area contributed by atoms with Gasteiger partial charge in [-0.05, 0) is 6.07 Å². The maximum Gasteiger partial charge on any atom is 0.308 e. The lowest BCUT2D eigenvalue weighted by Crippen LogP contribution is -2.44. The third-order valence-electron chi connectivity index (χ3n) is 3.41. The SMILES string of the molecule is CN(C(=O)c1cc(F)cc([N+](=O)[O-])c1F)[C@H]1CNC[C@@H]1O. The van der Waals surface area contributed by atoms with Gasteiger partial charge in [0.05, 0.1) is 28.7 Å². The zero-order valence-corrected chi connectivity index (χ0v) is 11.0. The number of aliphatic hydroxyl groups is 1. The molecule has 1 amide bonds. The average Bonchev–Trinajstić information content (AvgIpc) is 2.85. The van der Waals surface area contributed by atoms with Gasteiger partial charge in [-0.25, -0.2) is 4.39 Å². The van der Waals surface area contributed by atoms with Gasteiger partial charge in [-0.2, -0.15) is 4.39 Å². The first-order valence-corrected chi connectivity index (χ1v) is 6.12. The lowest BCUT2D eigenvalue weighted by atomic mass is 10.1. The Morgan fingerprint density at radius 3 is 2.67 bits per heavy atom. The molecule has 0 spiro atoms. The summed E-state index contributed by atoms with van der Waals surface area (Å²) in [5.74, 6) is -3.40. The van der Waals surface area contributed by atoms with Crippen molar-refractivity contribution in [3.05, 3.63) is 39.4 Å². The molecule has 0 radical (unpaired) electrons. The Morgan fingerprint density at radius 1 is 1.48 bits per heavy atom. The summed E-state index contributed by atoms with van der Waals surface area (Å²) in [6.45, 7) is 0.566. The smallest absolute Gasteiger partial charge is 0.308 e. The van der Waals surface area contributed by atoms with E-state index in [-0.39, 0.29) is 6.54 Å². The van der Waals surface area contributed by atoms with Crippen LogP contribution in [0.3, 0.4) is 0 Å². The number of aliphatic hydroxyl groups excluding tert-OH is 1. The van der Waals surface area contributed by atoms with E-state index in [2.05, 4.69) is 5.32 Å². The first kappa shape index (κ1) is 15.3. The molecule has 1 fully saturated rings. The minimum absolute atomic E-state index is 0.272. The summed E-state index contributed by atoms with van der Waals surface area (Å²) < 4.78 is 27.3. The number of nitro groups is 1. The summed E-state index contributed by atoms with van der Waals surface area (Å²) in [5.41, 5.74) is -1.83. The van der Waals surface area contributed by atoms with E-state index in [0.717, 1.165) is 4.90 Å². The van der Waals surface area contributed by atoms with E-state index in [4.69, 9.17) is 0 Å². The summed E-state index contributed by atoms with van der Waals surface area (Å²) >= 11 is 0. The van der Waals surface area contributed by atoms with E-state index in [1.807, 2.05) is 0 Å². The third-order valence-corrected chi connectivity index (χ3v) is 3.41. The first-order chi connectivity index (χ1) is 9.82. The Kier molecular flexibility index (Phi) is 4.14. The first-order valence-electron chi connectivity index (χ1n) is 6.12. The Morgan fingerprint density at radius 2 is 2.14 bits per heavy atom. The number of hydrogen-bond acceptors (Lipinski definition) is 5. The molecule has 1 aliphatic rings. The van der Waals surface area contributed by atoms with Gasteiger partial charge >= 0.3 is 5.69 Å². The van der Waals surface area contributed by atoms with Crippen molar-refractivity contribution in [2.24, 2.45) is 0 Å². The summed E-state index contributed by atoms with van der Waals surface area (Å²) in [7, 11) is 1.32. The molecule has 2 atom stereocenters. The van der Waals surface area contributed by atoms with E-state index in [1.165, 1.54) is 7.05 Å². The number of likely N-dealkylation sites (N-methyl/N-ethyl adjacent to an activating group) is 1. The van der Waals surface area contributed by atoms with Crippen LogP contribution in [0.1, 0.15) is 10.4 Å². The van der Waals surface area contributed by atoms with Crippen molar-refractivity contribution in [2.75, 3.05) is 20.1 Å². The van der Waals surface area contributed by atoms with Crippen LogP contribution in [0.2, 0.25) is 0 Å². The molecule has 0 saturated carbocycles. The lowest BCUT2D eigenvalue weighted by molar-refractivity contribution is -0.387. The number of nitro benzene ring substituents is 1. The largest absolute Gasteiger partial charge is 0.390 e. The molecule has 0 aliphatic carbocycles. The van der Waals surface area contributed by atoms with Gasteiger partial charge in [0.1, 0.15) is 5.82 Å². The van der Waals surface area contributed by atoms with E-state index in [9.17, 15) is 28.8 Å². The molecule has 1 aromatic rings. The molecule has 1 heterocycles. The highest BCUT2D eigenvalue weighted by atomic mass is 19.1. The number of β-amino-alcohol motifs (C(OH)–C–C–N with tert-alkyl or cyclic N) is 1. The van der Waals surface area contributed by atoms with Crippen LogP contribution < -0.4 is 5.32 Å². The van der Waals surface area contributed by atoms with Crippen molar-refractivity contribution in [3.8, 4) is 0 Å². The van der Waals surface area contributed by atoms with Crippen LogP contribution in [-0.4, -0.2) is 53.1 Å². The fourth-order valence-corrected chi connectivity index (χ4v) is 2.25. The molecule has 0 unspecified atom stereocenters. The highest BCUT2D eigenvalue weighted by Crippen LogP contribution is 2.24. The minimum atomic E-state index is -1.39. The Balaban J connectivity index is 2.37. The van der Waals surface area contributed by atoms with Crippen molar-refractivity contribution < 1.29 is 23.6 Å². The third kappa shape index (κ3) is 2.83. The van der Waals surface area contributed by atoms with Gasteiger partial charge in [0.15, 0.2) is 0 Å². The van der Waals surface area contributed by atoms with Crippen LogP contribution in [-0.2, 0) is 0 Å². The number of nitrogens with one attached hydrogen (secondary N) is 1. The van der Waals surface area contributed by atoms with Gasteiger partial charge in [-0.1, -0.05) is 0 Å². The number of nitrogens with zero attached hydrogens (tertiary/aromatic N) is 2. The Labute approximate surface area is 118 Å². The van der Waals surface area contributed by atoms with Crippen molar-refractivity contribution in [1.29, 1.82) is 0 Å². The fourth-order valence-electron chi connectivity index (χ4n) is 2.25. The molecule has 0 bridgehead atoms. The summed E-state index contributed by atoms with van der Waals surface area (Å²) in [4.78, 5) is 22.8. The molecule has 1 aromatic carbocycles. The monoisotopic (exact) mass is 301 g/mol. The molecule has 1 saturated heterocycles. The predicted octanol–water partition coefficient (Wildman–Crippen LogP) is 0.278. The molecular weight excluding hydrogens is 288 g/mol. The molecule has 1 aliphatic heterocycles. The molecule has 7 nitrogen and oxygen atoms in total.